The molecule has 1 amide bonds. The van der Waals surface area contributed by atoms with Gasteiger partial charge in [-0.2, -0.15) is 5.10 Å². The van der Waals surface area contributed by atoms with Crippen LogP contribution in [0, 0.1) is 19.3 Å². The molecule has 0 bridgehead atoms. The molecule has 0 spiro atoms. The Morgan fingerprint density at radius 2 is 1.92 bits per heavy atom. The number of aromatic nitrogens is 1. The molecule has 4 rings (SSSR count). The van der Waals surface area contributed by atoms with Crippen molar-refractivity contribution in [1.82, 2.24) is 10.4 Å². The molecule has 0 aliphatic heterocycles. The molecule has 0 aliphatic carbocycles. The van der Waals surface area contributed by atoms with Crippen LogP contribution in [0.4, 0.5) is 10.8 Å². The van der Waals surface area contributed by atoms with Crippen LogP contribution >= 0.6 is 22.9 Å². The summed E-state index contributed by atoms with van der Waals surface area (Å²) in [6.07, 6.45) is 6.74. The largest absolute Gasteiger partial charge is 0.490 e. The number of ether oxygens (including phenoxy) is 2. The highest BCUT2D eigenvalue weighted by Gasteiger charge is 2.12. The summed E-state index contributed by atoms with van der Waals surface area (Å²) in [6.45, 7) is 4.38. The summed E-state index contributed by atoms with van der Waals surface area (Å²) in [5.74, 6) is 2.86. The third-order valence-corrected chi connectivity index (χ3v) is 6.30. The number of aryl methyl sites for hydroxylation is 1. The predicted molar refractivity (Wildman–Crippen MR) is 154 cm³/mol. The van der Waals surface area contributed by atoms with Crippen LogP contribution in [0.5, 0.6) is 11.5 Å². The van der Waals surface area contributed by atoms with Gasteiger partial charge in [0.15, 0.2) is 16.6 Å². The minimum Gasteiger partial charge on any atom is -0.490 e. The van der Waals surface area contributed by atoms with Gasteiger partial charge in [-0.1, -0.05) is 47.4 Å². The SMILES string of the molecule is C#CCOc1c(Cl)cc(/C=N\NC(=O)c2ccc(-c3csc(Nc4ccc(C)cc4)n3)cc2)cc1OCC. The molecule has 38 heavy (non-hydrogen) atoms. The van der Waals surface area contributed by atoms with Crippen molar-refractivity contribution in [3.8, 4) is 35.1 Å². The second-order valence-electron chi connectivity index (χ2n) is 8.06. The van der Waals surface area contributed by atoms with Gasteiger partial charge in [-0.3, -0.25) is 4.79 Å². The van der Waals surface area contributed by atoms with Crippen LogP contribution in [0.1, 0.15) is 28.4 Å². The fraction of sp³-hybridized carbons (Fsp3) is 0.138. The zero-order valence-electron chi connectivity index (χ0n) is 20.8. The minimum absolute atomic E-state index is 0.0655. The fourth-order valence-electron chi connectivity index (χ4n) is 3.43. The van der Waals surface area contributed by atoms with E-state index in [1.807, 2.05) is 55.6 Å². The summed E-state index contributed by atoms with van der Waals surface area (Å²) in [5, 5.41) is 10.5. The van der Waals surface area contributed by atoms with Crippen LogP contribution in [-0.2, 0) is 0 Å². The average Bonchev–Trinajstić information content (AvgIpc) is 3.38. The van der Waals surface area contributed by atoms with Gasteiger partial charge in [0.25, 0.3) is 5.91 Å². The number of hydrogen-bond acceptors (Lipinski definition) is 7. The smallest absolute Gasteiger partial charge is 0.271 e. The van der Waals surface area contributed by atoms with Crippen molar-refractivity contribution in [3.05, 3.63) is 87.8 Å². The molecule has 4 aromatic rings. The lowest BCUT2D eigenvalue weighted by molar-refractivity contribution is 0.0955. The first kappa shape index (κ1) is 26.7. The molecular formula is C29H25ClN4O3S. The number of carbonyl (C=O) groups is 1. The molecule has 0 saturated carbocycles. The summed E-state index contributed by atoms with van der Waals surface area (Å²) in [4.78, 5) is 17.2. The summed E-state index contributed by atoms with van der Waals surface area (Å²) < 4.78 is 11.1. The van der Waals surface area contributed by atoms with Crippen molar-refractivity contribution in [1.29, 1.82) is 0 Å². The van der Waals surface area contributed by atoms with Gasteiger partial charge in [0, 0.05) is 22.2 Å². The van der Waals surface area contributed by atoms with Gasteiger partial charge in [-0.05, 0) is 55.8 Å². The van der Waals surface area contributed by atoms with Gasteiger partial charge in [0.05, 0.1) is 23.5 Å². The number of hydrogen-bond donors (Lipinski definition) is 2. The van der Waals surface area contributed by atoms with Crippen LogP contribution < -0.4 is 20.2 Å². The Balaban J connectivity index is 1.38. The highest BCUT2D eigenvalue weighted by atomic mass is 35.5. The Bertz CT molecular complexity index is 1480. The van der Waals surface area contributed by atoms with Crippen molar-refractivity contribution in [2.24, 2.45) is 5.10 Å². The molecular weight excluding hydrogens is 520 g/mol. The summed E-state index contributed by atoms with van der Waals surface area (Å²) >= 11 is 7.84. The quantitative estimate of drug-likeness (QED) is 0.132. The average molecular weight is 545 g/mol. The normalized spacial score (nSPS) is 10.7. The molecule has 0 saturated heterocycles. The maximum atomic E-state index is 12.6. The number of amides is 1. The molecule has 2 N–H and O–H groups in total. The van der Waals surface area contributed by atoms with E-state index in [9.17, 15) is 4.79 Å². The first-order valence-electron chi connectivity index (χ1n) is 11.7. The lowest BCUT2D eigenvalue weighted by Gasteiger charge is -2.12. The van der Waals surface area contributed by atoms with E-state index < -0.39 is 0 Å². The highest BCUT2D eigenvalue weighted by molar-refractivity contribution is 7.14. The molecule has 192 valence electrons. The maximum absolute atomic E-state index is 12.6. The van der Waals surface area contributed by atoms with E-state index >= 15 is 0 Å². The lowest BCUT2D eigenvalue weighted by Crippen LogP contribution is -2.17. The Kier molecular flexibility index (Phi) is 8.98. The predicted octanol–water partition coefficient (Wildman–Crippen LogP) is 6.69. The van der Waals surface area contributed by atoms with E-state index in [1.165, 1.54) is 23.1 Å². The standard InChI is InChI=1S/C29H25ClN4O3S/c1-4-14-37-27-24(30)15-20(16-26(27)36-5-2)17-31-34-28(35)22-10-8-21(9-11-22)25-18-38-29(33-25)32-23-12-6-19(3)7-13-23/h1,6-13,15-18H,5,14H2,2-3H3,(H,32,33)(H,34,35)/b31-17-. The van der Waals surface area contributed by atoms with Crippen LogP contribution in [0.3, 0.4) is 0 Å². The second kappa shape index (κ2) is 12.8. The van der Waals surface area contributed by atoms with Crippen LogP contribution in [0.25, 0.3) is 11.3 Å². The fourth-order valence-corrected chi connectivity index (χ4v) is 4.44. The second-order valence-corrected chi connectivity index (χ2v) is 9.33. The minimum atomic E-state index is -0.349. The van der Waals surface area contributed by atoms with Gasteiger partial charge in [0.1, 0.15) is 6.61 Å². The topological polar surface area (TPSA) is 84.8 Å². The number of anilines is 2. The summed E-state index contributed by atoms with van der Waals surface area (Å²) in [5.41, 5.74) is 7.53. The third-order valence-electron chi connectivity index (χ3n) is 5.26. The number of halogens is 1. The molecule has 1 heterocycles. The molecule has 1 aromatic heterocycles. The molecule has 0 aliphatic rings. The number of benzene rings is 3. The van der Waals surface area contributed by atoms with Crippen molar-refractivity contribution < 1.29 is 14.3 Å². The van der Waals surface area contributed by atoms with Gasteiger partial charge in [-0.25, -0.2) is 10.4 Å². The molecule has 0 radical (unpaired) electrons. The molecule has 3 aromatic carbocycles. The van der Waals surface area contributed by atoms with Gasteiger partial charge in [-0.15, -0.1) is 17.8 Å². The molecule has 9 heteroatoms. The van der Waals surface area contributed by atoms with E-state index in [0.717, 1.165) is 22.1 Å². The Morgan fingerprint density at radius 1 is 1.16 bits per heavy atom. The number of rotatable bonds is 10. The summed E-state index contributed by atoms with van der Waals surface area (Å²) in [7, 11) is 0. The molecule has 0 fully saturated rings. The van der Waals surface area contributed by atoms with E-state index in [-0.39, 0.29) is 12.5 Å². The number of nitrogens with one attached hydrogen (secondary N) is 2. The van der Waals surface area contributed by atoms with Crippen molar-refractivity contribution >= 4 is 45.9 Å². The van der Waals surface area contributed by atoms with Crippen molar-refractivity contribution in [2.45, 2.75) is 13.8 Å². The Labute approximate surface area is 230 Å². The Hall–Kier alpha value is -4.32. The maximum Gasteiger partial charge on any atom is 0.271 e. The van der Waals surface area contributed by atoms with Crippen LogP contribution in [0.15, 0.2) is 71.1 Å². The highest BCUT2D eigenvalue weighted by Crippen LogP contribution is 2.36. The van der Waals surface area contributed by atoms with Gasteiger partial charge >= 0.3 is 0 Å². The number of hydrazone groups is 1. The summed E-state index contributed by atoms with van der Waals surface area (Å²) in [6, 6.07) is 18.7. The molecule has 0 atom stereocenters. The molecule has 0 unspecified atom stereocenters. The van der Waals surface area contributed by atoms with E-state index in [4.69, 9.17) is 27.5 Å². The third kappa shape index (κ3) is 6.91. The van der Waals surface area contributed by atoms with Gasteiger partial charge < -0.3 is 14.8 Å². The van der Waals surface area contributed by atoms with Gasteiger partial charge in [0.2, 0.25) is 0 Å². The van der Waals surface area contributed by atoms with E-state index in [2.05, 4.69) is 26.7 Å². The van der Waals surface area contributed by atoms with Crippen molar-refractivity contribution in [2.75, 3.05) is 18.5 Å². The van der Waals surface area contributed by atoms with E-state index in [0.29, 0.717) is 34.3 Å². The molecule has 7 nitrogen and oxygen atoms in total. The monoisotopic (exact) mass is 544 g/mol. The van der Waals surface area contributed by atoms with E-state index in [1.54, 1.807) is 24.3 Å². The van der Waals surface area contributed by atoms with Crippen molar-refractivity contribution in [3.63, 3.8) is 0 Å². The number of terminal acetylenes is 1. The number of carbonyl (C=O) groups excluding carboxylic acids is 1. The van der Waals surface area contributed by atoms with Crippen LogP contribution in [0.2, 0.25) is 5.02 Å². The van der Waals surface area contributed by atoms with Crippen LogP contribution in [-0.4, -0.2) is 30.3 Å². The number of thiazole rings is 1. The number of nitrogens with zero attached hydrogens (tertiary/aromatic N) is 2. The first-order valence-corrected chi connectivity index (χ1v) is 13.0. The zero-order valence-corrected chi connectivity index (χ0v) is 22.4. The first-order chi connectivity index (χ1) is 18.5. The zero-order chi connectivity index (χ0) is 26.9. The Morgan fingerprint density at radius 3 is 2.63 bits per heavy atom. The lowest BCUT2D eigenvalue weighted by atomic mass is 10.1.